The average molecular weight is 873 g/mol. The number of ether oxygens (including phenoxy) is 4. The van der Waals surface area contributed by atoms with E-state index in [1.54, 1.807) is 0 Å². The van der Waals surface area contributed by atoms with Crippen molar-refractivity contribution in [1.82, 2.24) is 16.0 Å². The van der Waals surface area contributed by atoms with Crippen LogP contribution in [0.1, 0.15) is 169 Å². The van der Waals surface area contributed by atoms with Gasteiger partial charge in [0.2, 0.25) is 23.6 Å². The van der Waals surface area contributed by atoms with Crippen LogP contribution in [-0.2, 0) is 52.5 Å². The van der Waals surface area contributed by atoms with Crippen LogP contribution in [0.3, 0.4) is 0 Å². The first kappa shape index (κ1) is 55.1. The number of nitrogens with two attached hydrogens (primary N) is 1. The number of aliphatic hydroxyl groups excluding tert-OH is 2. The second-order valence-electron chi connectivity index (χ2n) is 16.1. The molecular weight excluding hydrogens is 796 g/mol. The van der Waals surface area contributed by atoms with Gasteiger partial charge in [0.05, 0.1) is 6.42 Å². The van der Waals surface area contributed by atoms with E-state index in [4.69, 9.17) is 29.8 Å². The number of rotatable bonds is 34. The zero-order chi connectivity index (χ0) is 45.7. The van der Waals surface area contributed by atoms with Gasteiger partial charge >= 0.3 is 17.9 Å². The Kier molecular flexibility index (Phi) is 28.8. The normalized spacial score (nSPS) is 20.7. The van der Waals surface area contributed by atoms with Gasteiger partial charge in [-0.3, -0.25) is 33.6 Å². The van der Waals surface area contributed by atoms with Crippen LogP contribution in [0.15, 0.2) is 0 Å². The van der Waals surface area contributed by atoms with Gasteiger partial charge in [0, 0.05) is 19.8 Å². The van der Waals surface area contributed by atoms with E-state index in [1.807, 2.05) is 0 Å². The van der Waals surface area contributed by atoms with Crippen molar-refractivity contribution >= 4 is 41.5 Å². The molecule has 2 unspecified atom stereocenters. The van der Waals surface area contributed by atoms with Crippen molar-refractivity contribution in [2.75, 3.05) is 6.61 Å². The molecule has 18 nitrogen and oxygen atoms in total. The van der Waals surface area contributed by atoms with Gasteiger partial charge in [-0.15, -0.1) is 0 Å². The van der Waals surface area contributed by atoms with Crippen molar-refractivity contribution < 1.29 is 67.8 Å². The number of carbonyl (C=O) groups is 7. The molecule has 0 aromatic rings. The third-order valence-electron chi connectivity index (χ3n) is 10.6. The highest BCUT2D eigenvalue weighted by Crippen LogP contribution is 2.25. The number of esters is 2. The molecule has 0 spiro atoms. The number of aliphatic hydroxyl groups is 2. The molecule has 0 aromatic heterocycles. The number of nitrogens with one attached hydrogen (secondary N) is 3. The van der Waals surface area contributed by atoms with Crippen LogP contribution < -0.4 is 21.7 Å². The molecule has 352 valence electrons. The molecule has 1 aliphatic heterocycles. The molecule has 18 heteroatoms. The summed E-state index contributed by atoms with van der Waals surface area (Å²) in [5, 5.41) is 38.2. The van der Waals surface area contributed by atoms with E-state index >= 15 is 0 Å². The van der Waals surface area contributed by atoms with E-state index in [9.17, 15) is 43.8 Å². The number of aliphatic carboxylic acids is 1. The van der Waals surface area contributed by atoms with Crippen molar-refractivity contribution in [3.05, 3.63) is 0 Å². The Morgan fingerprint density at radius 1 is 0.721 bits per heavy atom. The summed E-state index contributed by atoms with van der Waals surface area (Å²) < 4.78 is 22.6. The predicted octanol–water partition coefficient (Wildman–Crippen LogP) is 3.59. The van der Waals surface area contributed by atoms with E-state index in [0.717, 1.165) is 64.7 Å². The fourth-order valence-electron chi connectivity index (χ4n) is 6.94. The number of unbranched alkanes of at least 4 members (excludes halogenated alkanes) is 14. The number of hydrogen-bond acceptors (Lipinski definition) is 13. The van der Waals surface area contributed by atoms with E-state index in [-0.39, 0.29) is 25.2 Å². The minimum Gasteiger partial charge on any atom is -0.481 e. The molecular formula is C43H76N4O14. The third-order valence-corrected chi connectivity index (χ3v) is 10.6. The summed E-state index contributed by atoms with van der Waals surface area (Å²) in [4.78, 5) is 86.4. The molecule has 1 rings (SSSR count). The van der Waals surface area contributed by atoms with Gasteiger partial charge in [-0.25, -0.2) is 0 Å². The van der Waals surface area contributed by atoms with Gasteiger partial charge < -0.3 is 56.0 Å². The lowest BCUT2D eigenvalue weighted by molar-refractivity contribution is -0.267. The second-order valence-corrected chi connectivity index (χ2v) is 16.1. The first-order valence-electron chi connectivity index (χ1n) is 22.4. The summed E-state index contributed by atoms with van der Waals surface area (Å²) in [5.74, 6) is -5.59. The number of carboxylic acid groups (broad SMARTS) is 1. The Morgan fingerprint density at radius 2 is 1.28 bits per heavy atom. The molecule has 1 fully saturated rings. The van der Waals surface area contributed by atoms with Crippen LogP contribution in [0, 0.1) is 0 Å². The SMILES string of the molecule is CCCCCCCCCCCC(=O)O[C@H](CCCCCCCCC)CC(=O)OC[C@H]1OC(O)[C@H](NC(C)=O)[C@H](OC(C)C(=O)N[C@@H](C)C(=O)N[C@H](CCC(=O)O)C(N)=O)[C@@H]1O. The summed E-state index contributed by atoms with van der Waals surface area (Å²) in [7, 11) is 0. The average Bonchev–Trinajstić information content (AvgIpc) is 3.19. The molecule has 0 saturated carbocycles. The predicted molar refractivity (Wildman–Crippen MR) is 224 cm³/mol. The van der Waals surface area contributed by atoms with Crippen LogP contribution >= 0.6 is 0 Å². The molecule has 1 saturated heterocycles. The topological polar surface area (TPSA) is 279 Å². The van der Waals surface area contributed by atoms with Gasteiger partial charge in [-0.2, -0.15) is 0 Å². The largest absolute Gasteiger partial charge is 0.481 e. The van der Waals surface area contributed by atoms with Crippen molar-refractivity contribution in [3.63, 3.8) is 0 Å². The highest BCUT2D eigenvalue weighted by Gasteiger charge is 2.47. The van der Waals surface area contributed by atoms with E-state index < -0.39 is 104 Å². The maximum atomic E-state index is 13.1. The number of carboxylic acids is 1. The van der Waals surface area contributed by atoms with Crippen LogP contribution in [0.2, 0.25) is 0 Å². The minimum atomic E-state index is -1.77. The molecule has 61 heavy (non-hydrogen) atoms. The first-order chi connectivity index (χ1) is 29.0. The van der Waals surface area contributed by atoms with E-state index in [1.165, 1.54) is 52.4 Å². The fourth-order valence-corrected chi connectivity index (χ4v) is 6.94. The second kappa shape index (κ2) is 31.9. The summed E-state index contributed by atoms with van der Waals surface area (Å²) >= 11 is 0. The summed E-state index contributed by atoms with van der Waals surface area (Å²) in [5.41, 5.74) is 5.28. The van der Waals surface area contributed by atoms with Gasteiger partial charge in [0.25, 0.3) is 0 Å². The first-order valence-corrected chi connectivity index (χ1v) is 22.4. The maximum Gasteiger partial charge on any atom is 0.309 e. The van der Waals surface area contributed by atoms with Crippen molar-refractivity contribution in [3.8, 4) is 0 Å². The number of primary amides is 1. The lowest BCUT2D eigenvalue weighted by Crippen LogP contribution is -2.66. The summed E-state index contributed by atoms with van der Waals surface area (Å²) in [6.07, 6.45) is 8.63. The quantitative estimate of drug-likeness (QED) is 0.0360. The molecule has 0 aliphatic carbocycles. The molecule has 8 N–H and O–H groups in total. The molecule has 0 aromatic carbocycles. The molecule has 4 amide bonds. The lowest BCUT2D eigenvalue weighted by Gasteiger charge is -2.43. The zero-order valence-corrected chi connectivity index (χ0v) is 37.2. The van der Waals surface area contributed by atoms with Crippen LogP contribution in [0.4, 0.5) is 0 Å². The minimum absolute atomic E-state index is 0.234. The van der Waals surface area contributed by atoms with Gasteiger partial charge in [0.15, 0.2) is 6.29 Å². The Hall–Kier alpha value is -3.87. The van der Waals surface area contributed by atoms with Crippen LogP contribution in [0.5, 0.6) is 0 Å². The Labute approximate surface area is 361 Å². The van der Waals surface area contributed by atoms with E-state index in [2.05, 4.69) is 29.8 Å². The Bertz CT molecular complexity index is 1340. The third kappa shape index (κ3) is 24.4. The summed E-state index contributed by atoms with van der Waals surface area (Å²) in [6.45, 7) is 7.53. The highest BCUT2D eigenvalue weighted by molar-refractivity contribution is 5.92. The molecule has 1 heterocycles. The smallest absolute Gasteiger partial charge is 0.309 e. The van der Waals surface area contributed by atoms with Crippen molar-refractivity contribution in [2.45, 2.75) is 224 Å². The molecule has 1 aliphatic rings. The number of hydrogen-bond donors (Lipinski definition) is 7. The highest BCUT2D eigenvalue weighted by atomic mass is 16.6. The zero-order valence-electron chi connectivity index (χ0n) is 37.2. The fraction of sp³-hybridized carbons (Fsp3) is 0.837. The molecule has 9 atom stereocenters. The van der Waals surface area contributed by atoms with Crippen LogP contribution in [0.25, 0.3) is 0 Å². The lowest BCUT2D eigenvalue weighted by atomic mass is 9.96. The number of amides is 4. The maximum absolute atomic E-state index is 13.1. The summed E-state index contributed by atoms with van der Waals surface area (Å²) in [6, 6.07) is -3.93. The molecule has 0 radical (unpaired) electrons. The van der Waals surface area contributed by atoms with Gasteiger partial charge in [0.1, 0.15) is 55.3 Å². The Morgan fingerprint density at radius 3 is 1.82 bits per heavy atom. The van der Waals surface area contributed by atoms with Crippen molar-refractivity contribution in [2.24, 2.45) is 5.73 Å². The van der Waals surface area contributed by atoms with E-state index in [0.29, 0.717) is 12.8 Å². The Balaban J connectivity index is 2.89. The number of carbonyl (C=O) groups excluding carboxylic acids is 6. The van der Waals surface area contributed by atoms with Crippen molar-refractivity contribution in [1.29, 1.82) is 0 Å². The molecule has 0 bridgehead atoms. The monoisotopic (exact) mass is 873 g/mol. The van der Waals surface area contributed by atoms with Crippen LogP contribution in [-0.4, -0.2) is 118 Å². The standard InChI is InChI=1S/C43H76N4O14/c1-6-8-10-12-14-15-17-19-21-23-35(51)60-31(22-20-18-16-13-11-9-7-2)26-36(52)58-27-33-38(53)39(37(43(57)61-33)46-30(5)48)59-29(4)42(56)45-28(3)41(55)47-32(40(44)54)24-25-34(49)50/h28-29,31-33,37-39,43,53,57H,6-27H2,1-5H3,(H2,44,54)(H,45,56)(H,46,48)(H,47,55)(H,49,50)/t28-,29?,31+,32+,33+,37+,38+,39-,43?/m0/s1. The van der Waals surface area contributed by atoms with Gasteiger partial charge in [-0.1, -0.05) is 104 Å². The van der Waals surface area contributed by atoms with Gasteiger partial charge in [-0.05, 0) is 39.5 Å².